The molecule has 0 saturated heterocycles. The van der Waals surface area contributed by atoms with Crippen LogP contribution in [-0.4, -0.2) is 18.9 Å². The fraction of sp³-hybridized carbons (Fsp3) is 0.533. The fourth-order valence-corrected chi connectivity index (χ4v) is 2.57. The third-order valence-electron chi connectivity index (χ3n) is 3.87. The van der Waals surface area contributed by atoms with Crippen LogP contribution in [0.25, 0.3) is 0 Å². The fourth-order valence-electron chi connectivity index (χ4n) is 2.57. The van der Waals surface area contributed by atoms with Gasteiger partial charge in [-0.3, -0.25) is 4.79 Å². The third-order valence-corrected chi connectivity index (χ3v) is 3.87. The second-order valence-corrected chi connectivity index (χ2v) is 5.69. The van der Waals surface area contributed by atoms with Gasteiger partial charge in [0, 0.05) is 19.4 Å². The van der Waals surface area contributed by atoms with Crippen molar-refractivity contribution in [2.24, 2.45) is 0 Å². The number of benzene rings is 1. The minimum absolute atomic E-state index is 0.148. The van der Waals surface area contributed by atoms with Crippen LogP contribution in [0.4, 0.5) is 0 Å². The summed E-state index contributed by atoms with van der Waals surface area (Å²) in [5.41, 5.74) is 1.56. The third kappa shape index (κ3) is 2.00. The smallest absolute Gasteiger partial charge is 0.316 e. The molecule has 0 atom stereocenters. The highest BCUT2D eigenvalue weighted by molar-refractivity contribution is 5.86. The first kappa shape index (κ1) is 12.5. The quantitative estimate of drug-likeness (QED) is 0.768. The van der Waals surface area contributed by atoms with Crippen LogP contribution in [0.3, 0.4) is 0 Å². The van der Waals surface area contributed by atoms with Gasteiger partial charge in [-0.05, 0) is 30.5 Å². The van der Waals surface area contributed by atoms with Gasteiger partial charge in [0.25, 0.3) is 0 Å². The van der Waals surface area contributed by atoms with E-state index >= 15 is 0 Å². The summed E-state index contributed by atoms with van der Waals surface area (Å²) >= 11 is 0. The molecule has 1 heterocycles. The largest absolute Gasteiger partial charge is 0.468 e. The summed E-state index contributed by atoms with van der Waals surface area (Å²) in [5.74, 6) is 0.0970. The molecule has 19 heavy (non-hydrogen) atoms. The molecule has 0 bridgehead atoms. The van der Waals surface area contributed by atoms with E-state index in [0.717, 1.165) is 29.7 Å². The summed E-state index contributed by atoms with van der Waals surface area (Å²) in [7, 11) is 1.44. The summed E-state index contributed by atoms with van der Waals surface area (Å²) < 4.78 is 16.3. The molecule has 4 nitrogen and oxygen atoms in total. The lowest BCUT2D eigenvalue weighted by molar-refractivity contribution is -0.180. The van der Waals surface area contributed by atoms with Crippen molar-refractivity contribution in [1.29, 1.82) is 0 Å². The molecule has 0 N–H and O–H groups in total. The first-order valence-electron chi connectivity index (χ1n) is 6.52. The van der Waals surface area contributed by atoms with E-state index in [9.17, 15) is 4.79 Å². The predicted molar refractivity (Wildman–Crippen MR) is 68.9 cm³/mol. The topological polar surface area (TPSA) is 44.8 Å². The second kappa shape index (κ2) is 3.97. The van der Waals surface area contributed by atoms with E-state index in [1.165, 1.54) is 7.11 Å². The summed E-state index contributed by atoms with van der Waals surface area (Å²) in [5, 5.41) is 0. The molecule has 4 heteroatoms. The average molecular weight is 262 g/mol. The Balaban J connectivity index is 1.93. The van der Waals surface area contributed by atoms with E-state index in [1.54, 1.807) is 0 Å². The highest BCUT2D eigenvalue weighted by atomic mass is 16.7. The van der Waals surface area contributed by atoms with Crippen molar-refractivity contribution in [1.82, 2.24) is 0 Å². The van der Waals surface area contributed by atoms with Gasteiger partial charge in [0.1, 0.15) is 5.75 Å². The van der Waals surface area contributed by atoms with Crippen LogP contribution in [0.1, 0.15) is 37.8 Å². The van der Waals surface area contributed by atoms with E-state index in [-0.39, 0.29) is 5.97 Å². The Kier molecular flexibility index (Phi) is 2.61. The number of ether oxygens (including phenoxy) is 3. The van der Waals surface area contributed by atoms with Crippen molar-refractivity contribution in [3.63, 3.8) is 0 Å². The van der Waals surface area contributed by atoms with Gasteiger partial charge in [-0.15, -0.1) is 0 Å². The predicted octanol–water partition coefficient (Wildman–Crippen LogP) is 2.54. The SMILES string of the molecule is COC(=O)C1(c2ccc3c(c2)COC(C)(C)O3)CC1. The number of carbonyl (C=O) groups excluding carboxylic acids is 1. The van der Waals surface area contributed by atoms with Crippen LogP contribution in [-0.2, 0) is 26.3 Å². The Morgan fingerprint density at radius 3 is 2.68 bits per heavy atom. The van der Waals surface area contributed by atoms with Crippen molar-refractivity contribution in [2.45, 2.75) is 44.5 Å². The monoisotopic (exact) mass is 262 g/mol. The highest BCUT2D eigenvalue weighted by Crippen LogP contribution is 2.50. The van der Waals surface area contributed by atoms with Crippen LogP contribution in [0.5, 0.6) is 5.75 Å². The number of esters is 1. The minimum atomic E-state index is -0.589. The van der Waals surface area contributed by atoms with Gasteiger partial charge in [0.2, 0.25) is 5.79 Å². The molecule has 0 radical (unpaired) electrons. The molecule has 2 aliphatic rings. The number of fused-ring (bicyclic) bond motifs is 1. The highest BCUT2D eigenvalue weighted by Gasteiger charge is 2.52. The molecule has 1 aliphatic heterocycles. The number of hydrogen-bond donors (Lipinski definition) is 0. The van der Waals surface area contributed by atoms with Crippen LogP contribution in [0.15, 0.2) is 18.2 Å². The van der Waals surface area contributed by atoms with Gasteiger partial charge in [-0.25, -0.2) is 0 Å². The van der Waals surface area contributed by atoms with Crippen molar-refractivity contribution in [3.05, 3.63) is 29.3 Å². The lowest BCUT2D eigenvalue weighted by Crippen LogP contribution is -2.35. The van der Waals surface area contributed by atoms with Gasteiger partial charge in [0.05, 0.1) is 19.1 Å². The summed E-state index contributed by atoms with van der Waals surface area (Å²) in [6, 6.07) is 5.90. The average Bonchev–Trinajstić information content (AvgIpc) is 3.18. The normalized spacial score (nSPS) is 22.1. The van der Waals surface area contributed by atoms with Gasteiger partial charge < -0.3 is 14.2 Å². The summed E-state index contributed by atoms with van der Waals surface area (Å²) in [6.07, 6.45) is 1.71. The Morgan fingerprint density at radius 1 is 1.32 bits per heavy atom. The van der Waals surface area contributed by atoms with E-state index < -0.39 is 11.2 Å². The molecule has 0 spiro atoms. The molecular formula is C15H18O4. The molecule has 1 fully saturated rings. The number of carbonyl (C=O) groups is 1. The van der Waals surface area contributed by atoms with Crippen LogP contribution in [0, 0.1) is 0 Å². The first-order valence-corrected chi connectivity index (χ1v) is 6.52. The molecule has 0 aromatic heterocycles. The van der Waals surface area contributed by atoms with Crippen LogP contribution in [0.2, 0.25) is 0 Å². The van der Waals surface area contributed by atoms with Gasteiger partial charge in [-0.1, -0.05) is 6.07 Å². The van der Waals surface area contributed by atoms with Crippen molar-refractivity contribution >= 4 is 5.97 Å². The van der Waals surface area contributed by atoms with Gasteiger partial charge >= 0.3 is 5.97 Å². The number of methoxy groups -OCH3 is 1. The summed E-state index contributed by atoms with van der Waals surface area (Å²) in [4.78, 5) is 11.9. The molecule has 0 unspecified atom stereocenters. The van der Waals surface area contributed by atoms with E-state index in [0.29, 0.717) is 6.61 Å². The first-order chi connectivity index (χ1) is 8.97. The molecule has 3 rings (SSSR count). The van der Waals surface area contributed by atoms with Crippen molar-refractivity contribution in [2.75, 3.05) is 7.11 Å². The molecule has 0 amide bonds. The zero-order valence-electron chi connectivity index (χ0n) is 11.5. The van der Waals surface area contributed by atoms with Crippen molar-refractivity contribution in [3.8, 4) is 5.75 Å². The Bertz CT molecular complexity index is 529. The summed E-state index contributed by atoms with van der Waals surface area (Å²) in [6.45, 7) is 4.29. The zero-order chi connectivity index (χ0) is 13.7. The zero-order valence-corrected chi connectivity index (χ0v) is 11.5. The Morgan fingerprint density at radius 2 is 2.05 bits per heavy atom. The molecular weight excluding hydrogens is 244 g/mol. The number of hydrogen-bond acceptors (Lipinski definition) is 4. The second-order valence-electron chi connectivity index (χ2n) is 5.69. The molecule has 1 aliphatic carbocycles. The maximum Gasteiger partial charge on any atom is 0.316 e. The van der Waals surface area contributed by atoms with Gasteiger partial charge in [0.15, 0.2) is 0 Å². The van der Waals surface area contributed by atoms with Crippen LogP contribution < -0.4 is 4.74 Å². The van der Waals surface area contributed by atoms with Gasteiger partial charge in [-0.2, -0.15) is 0 Å². The van der Waals surface area contributed by atoms with Crippen LogP contribution >= 0.6 is 0 Å². The molecule has 102 valence electrons. The Labute approximate surface area is 112 Å². The standard InChI is InChI=1S/C15H18O4/c1-14(2)18-9-10-8-11(4-5-12(10)19-14)15(6-7-15)13(16)17-3/h4-5,8H,6-7,9H2,1-3H3. The minimum Gasteiger partial charge on any atom is -0.468 e. The lowest BCUT2D eigenvalue weighted by Gasteiger charge is -2.33. The maximum absolute atomic E-state index is 11.9. The lowest BCUT2D eigenvalue weighted by atomic mass is 9.94. The van der Waals surface area contributed by atoms with E-state index in [2.05, 4.69) is 0 Å². The van der Waals surface area contributed by atoms with E-state index in [1.807, 2.05) is 32.0 Å². The maximum atomic E-state index is 11.9. The molecule has 1 aromatic carbocycles. The number of rotatable bonds is 2. The van der Waals surface area contributed by atoms with E-state index in [4.69, 9.17) is 14.2 Å². The Hall–Kier alpha value is -1.55. The molecule has 1 aromatic rings. The molecule has 1 saturated carbocycles. The van der Waals surface area contributed by atoms with Crippen molar-refractivity contribution < 1.29 is 19.0 Å².